The molecule has 0 spiro atoms. The first-order valence-corrected chi connectivity index (χ1v) is 9.06. The molecule has 3 aromatic rings. The minimum atomic E-state index is 0.684. The molecule has 0 bridgehead atoms. The number of nitrogens with zero attached hydrogens (tertiary/aromatic N) is 1. The topological polar surface area (TPSA) is 31.4 Å². The number of fused-ring (bicyclic) bond motifs is 2. The second-order valence-corrected chi connectivity index (χ2v) is 6.72. The van der Waals surface area contributed by atoms with Gasteiger partial charge in [-0.25, -0.2) is 0 Å². The van der Waals surface area contributed by atoms with E-state index in [0.717, 1.165) is 40.2 Å². The van der Waals surface area contributed by atoms with Crippen LogP contribution in [0, 0.1) is 0 Å². The Labute approximate surface area is 152 Å². The second-order valence-electron chi connectivity index (χ2n) is 6.34. The van der Waals surface area contributed by atoms with Gasteiger partial charge in [0.2, 0.25) is 0 Å². The first kappa shape index (κ1) is 16.2. The van der Waals surface area contributed by atoms with Gasteiger partial charge in [-0.1, -0.05) is 30.2 Å². The molecule has 4 heteroatoms. The van der Waals surface area contributed by atoms with Crippen molar-refractivity contribution in [1.82, 2.24) is 4.98 Å². The summed E-state index contributed by atoms with van der Waals surface area (Å²) in [6.45, 7) is 0. The first-order valence-electron chi connectivity index (χ1n) is 8.68. The van der Waals surface area contributed by atoms with Crippen LogP contribution in [0.1, 0.15) is 30.5 Å². The van der Waals surface area contributed by atoms with Crippen LogP contribution in [0.4, 0.5) is 0 Å². The van der Waals surface area contributed by atoms with E-state index in [1.807, 2.05) is 42.5 Å². The maximum absolute atomic E-state index is 6.75. The third kappa shape index (κ3) is 3.16. The highest BCUT2D eigenvalue weighted by molar-refractivity contribution is 6.36. The number of hydrogen-bond acceptors (Lipinski definition) is 3. The Morgan fingerprint density at radius 3 is 2.60 bits per heavy atom. The van der Waals surface area contributed by atoms with E-state index in [0.29, 0.717) is 11.5 Å². The lowest BCUT2D eigenvalue weighted by Crippen LogP contribution is -1.98. The predicted molar refractivity (Wildman–Crippen MR) is 101 cm³/mol. The number of benzene rings is 2. The van der Waals surface area contributed by atoms with Crippen molar-refractivity contribution in [3.63, 3.8) is 0 Å². The Morgan fingerprint density at radius 1 is 0.960 bits per heavy atom. The van der Waals surface area contributed by atoms with Gasteiger partial charge in [-0.3, -0.25) is 4.98 Å². The highest BCUT2D eigenvalue weighted by Crippen LogP contribution is 2.36. The predicted octanol–water partition coefficient (Wildman–Crippen LogP) is 5.96. The number of methoxy groups -OCH3 is 1. The number of hydrogen-bond donors (Lipinski definition) is 0. The molecule has 0 saturated carbocycles. The molecule has 1 aliphatic rings. The molecule has 128 valence electrons. The van der Waals surface area contributed by atoms with Gasteiger partial charge in [-0.05, 0) is 61.6 Å². The van der Waals surface area contributed by atoms with Gasteiger partial charge in [-0.15, -0.1) is 0 Å². The van der Waals surface area contributed by atoms with E-state index in [1.54, 1.807) is 7.11 Å². The number of rotatable bonds is 3. The lowest BCUT2D eigenvalue weighted by Gasteiger charge is -2.13. The maximum atomic E-state index is 6.75. The molecule has 0 saturated heterocycles. The molecule has 0 atom stereocenters. The summed E-state index contributed by atoms with van der Waals surface area (Å²) < 4.78 is 11.4. The van der Waals surface area contributed by atoms with Crippen LogP contribution in [-0.4, -0.2) is 12.1 Å². The van der Waals surface area contributed by atoms with Gasteiger partial charge in [0.15, 0.2) is 11.5 Å². The van der Waals surface area contributed by atoms with Crippen molar-refractivity contribution in [3.05, 3.63) is 58.7 Å². The molecule has 4 rings (SSSR count). The molecule has 2 aromatic carbocycles. The van der Waals surface area contributed by atoms with Gasteiger partial charge in [-0.2, -0.15) is 0 Å². The summed E-state index contributed by atoms with van der Waals surface area (Å²) in [6.07, 6.45) is 5.64. The normalized spacial score (nSPS) is 14.0. The SMILES string of the molecule is COc1ccccc1Oc1ccc2nc3c(c(Cl)c2c1)CCCCC3. The number of ether oxygens (including phenoxy) is 2. The Hall–Kier alpha value is -2.26. The van der Waals surface area contributed by atoms with E-state index in [4.69, 9.17) is 26.1 Å². The molecule has 0 aliphatic heterocycles. The Kier molecular flexibility index (Phi) is 4.50. The van der Waals surface area contributed by atoms with E-state index in [1.165, 1.54) is 24.8 Å². The molecule has 0 N–H and O–H groups in total. The fourth-order valence-electron chi connectivity index (χ4n) is 3.42. The van der Waals surface area contributed by atoms with E-state index in [2.05, 4.69) is 0 Å². The maximum Gasteiger partial charge on any atom is 0.169 e. The number of halogens is 1. The molecule has 0 amide bonds. The zero-order valence-corrected chi connectivity index (χ0v) is 15.0. The van der Waals surface area contributed by atoms with Gasteiger partial charge in [0.25, 0.3) is 0 Å². The van der Waals surface area contributed by atoms with Gasteiger partial charge in [0.05, 0.1) is 17.6 Å². The minimum Gasteiger partial charge on any atom is -0.493 e. The molecule has 0 radical (unpaired) electrons. The quantitative estimate of drug-likeness (QED) is 0.544. The van der Waals surface area contributed by atoms with Gasteiger partial charge < -0.3 is 9.47 Å². The molecule has 25 heavy (non-hydrogen) atoms. The Balaban J connectivity index is 1.76. The minimum absolute atomic E-state index is 0.684. The summed E-state index contributed by atoms with van der Waals surface area (Å²) in [4.78, 5) is 4.85. The zero-order chi connectivity index (χ0) is 17.2. The van der Waals surface area contributed by atoms with Crippen LogP contribution >= 0.6 is 11.6 Å². The van der Waals surface area contributed by atoms with Crippen LogP contribution < -0.4 is 9.47 Å². The fourth-order valence-corrected chi connectivity index (χ4v) is 3.77. The summed E-state index contributed by atoms with van der Waals surface area (Å²) in [5, 5.41) is 1.78. The standard InChI is InChI=1S/C21H20ClNO2/c1-24-19-9-5-6-10-20(19)25-14-11-12-18-16(13-14)21(22)15-7-3-2-4-8-17(15)23-18/h5-6,9-13H,2-4,7-8H2,1H3. The highest BCUT2D eigenvalue weighted by atomic mass is 35.5. The van der Waals surface area contributed by atoms with Gasteiger partial charge in [0.1, 0.15) is 5.75 Å². The summed E-state index contributed by atoms with van der Waals surface area (Å²) in [7, 11) is 1.64. The summed E-state index contributed by atoms with van der Waals surface area (Å²) in [6, 6.07) is 13.5. The molecular formula is C21H20ClNO2. The van der Waals surface area contributed by atoms with Crippen molar-refractivity contribution < 1.29 is 9.47 Å². The van der Waals surface area contributed by atoms with E-state index >= 15 is 0 Å². The molecule has 1 heterocycles. The van der Waals surface area contributed by atoms with Crippen molar-refractivity contribution in [3.8, 4) is 17.2 Å². The smallest absolute Gasteiger partial charge is 0.169 e. The van der Waals surface area contributed by atoms with Crippen LogP contribution in [0.5, 0.6) is 17.2 Å². The van der Waals surface area contributed by atoms with Crippen LogP contribution in [0.25, 0.3) is 10.9 Å². The molecular weight excluding hydrogens is 334 g/mol. The van der Waals surface area contributed by atoms with Crippen LogP contribution in [0.3, 0.4) is 0 Å². The zero-order valence-electron chi connectivity index (χ0n) is 14.2. The average molecular weight is 354 g/mol. The van der Waals surface area contributed by atoms with Gasteiger partial charge >= 0.3 is 0 Å². The lowest BCUT2D eigenvalue weighted by atomic mass is 10.0. The monoisotopic (exact) mass is 353 g/mol. The fraction of sp³-hybridized carbons (Fsp3) is 0.286. The first-order chi connectivity index (χ1) is 12.3. The van der Waals surface area contributed by atoms with E-state index in [9.17, 15) is 0 Å². The lowest BCUT2D eigenvalue weighted by molar-refractivity contribution is 0.379. The van der Waals surface area contributed by atoms with Crippen molar-refractivity contribution in [1.29, 1.82) is 0 Å². The van der Waals surface area contributed by atoms with Gasteiger partial charge in [0, 0.05) is 11.1 Å². The largest absolute Gasteiger partial charge is 0.493 e. The highest BCUT2D eigenvalue weighted by Gasteiger charge is 2.16. The van der Waals surface area contributed by atoms with E-state index in [-0.39, 0.29) is 0 Å². The number of pyridine rings is 1. The number of aryl methyl sites for hydroxylation is 1. The molecule has 1 aliphatic carbocycles. The second kappa shape index (κ2) is 6.93. The Bertz CT molecular complexity index is 923. The average Bonchev–Trinajstić information content (AvgIpc) is 2.88. The molecule has 1 aromatic heterocycles. The molecule has 0 fully saturated rings. The van der Waals surface area contributed by atoms with Crippen molar-refractivity contribution in [2.45, 2.75) is 32.1 Å². The van der Waals surface area contributed by atoms with Crippen molar-refractivity contribution >= 4 is 22.5 Å². The van der Waals surface area contributed by atoms with E-state index < -0.39 is 0 Å². The van der Waals surface area contributed by atoms with Crippen molar-refractivity contribution in [2.24, 2.45) is 0 Å². The summed E-state index contributed by atoms with van der Waals surface area (Å²) in [5.41, 5.74) is 3.30. The molecule has 0 unspecified atom stereocenters. The van der Waals surface area contributed by atoms with Crippen LogP contribution in [0.15, 0.2) is 42.5 Å². The number of aromatic nitrogens is 1. The number of para-hydroxylation sites is 2. The third-order valence-electron chi connectivity index (χ3n) is 4.71. The summed E-state index contributed by atoms with van der Waals surface area (Å²) >= 11 is 6.75. The third-order valence-corrected chi connectivity index (χ3v) is 5.14. The summed E-state index contributed by atoms with van der Waals surface area (Å²) in [5.74, 6) is 2.12. The van der Waals surface area contributed by atoms with Crippen LogP contribution in [-0.2, 0) is 12.8 Å². The molecule has 3 nitrogen and oxygen atoms in total. The van der Waals surface area contributed by atoms with Crippen LogP contribution in [0.2, 0.25) is 5.02 Å². The Morgan fingerprint density at radius 2 is 1.76 bits per heavy atom. The van der Waals surface area contributed by atoms with Crippen molar-refractivity contribution in [2.75, 3.05) is 7.11 Å².